The Bertz CT molecular complexity index is 1300. The van der Waals surface area contributed by atoms with Crippen LogP contribution in [0.2, 0.25) is 0 Å². The fraction of sp³-hybridized carbons (Fsp3) is 0.174. The predicted molar refractivity (Wildman–Crippen MR) is 113 cm³/mol. The van der Waals surface area contributed by atoms with Gasteiger partial charge in [0.25, 0.3) is 0 Å². The van der Waals surface area contributed by atoms with E-state index in [0.717, 1.165) is 11.8 Å². The number of hydrogen-bond acceptors (Lipinski definition) is 6. The molecule has 0 fully saturated rings. The van der Waals surface area contributed by atoms with Crippen LogP contribution in [0.3, 0.4) is 0 Å². The van der Waals surface area contributed by atoms with E-state index in [4.69, 9.17) is 4.42 Å². The number of rotatable bonds is 7. The van der Waals surface area contributed by atoms with E-state index in [1.807, 2.05) is 0 Å². The minimum atomic E-state index is -3.35. The van der Waals surface area contributed by atoms with E-state index in [1.54, 1.807) is 36.5 Å². The standard InChI is InChI=1S/C23H19FN2O4S/c1-31(28,29)18-8-4-16(5-9-18)19(12-15-2-6-17(24)7-3-15)21(27)13-23-26-20-10-11-25-14-22(20)30-23/h2-11,14,19H,12-13H2,1H3. The maximum Gasteiger partial charge on any atom is 0.203 e. The van der Waals surface area contributed by atoms with Gasteiger partial charge in [0.15, 0.2) is 15.4 Å². The van der Waals surface area contributed by atoms with E-state index in [0.29, 0.717) is 23.1 Å². The molecule has 31 heavy (non-hydrogen) atoms. The van der Waals surface area contributed by atoms with Gasteiger partial charge in [-0.2, -0.15) is 0 Å². The third kappa shape index (κ3) is 4.86. The molecule has 158 valence electrons. The fourth-order valence-corrected chi connectivity index (χ4v) is 4.03. The largest absolute Gasteiger partial charge is 0.439 e. The quantitative estimate of drug-likeness (QED) is 0.435. The lowest BCUT2D eigenvalue weighted by Gasteiger charge is -2.16. The number of benzene rings is 2. The normalized spacial score (nSPS) is 12.7. The summed E-state index contributed by atoms with van der Waals surface area (Å²) >= 11 is 0. The predicted octanol–water partition coefficient (Wildman–Crippen LogP) is 3.90. The zero-order chi connectivity index (χ0) is 22.0. The van der Waals surface area contributed by atoms with Crippen molar-refractivity contribution in [2.45, 2.75) is 23.7 Å². The molecular weight excluding hydrogens is 419 g/mol. The Morgan fingerprint density at radius 3 is 2.42 bits per heavy atom. The van der Waals surface area contributed by atoms with Crippen molar-refractivity contribution < 1.29 is 22.0 Å². The molecule has 0 radical (unpaired) electrons. The van der Waals surface area contributed by atoms with E-state index < -0.39 is 15.8 Å². The molecule has 0 saturated heterocycles. The number of sulfone groups is 1. The van der Waals surface area contributed by atoms with E-state index in [2.05, 4.69) is 9.97 Å². The van der Waals surface area contributed by atoms with Crippen LogP contribution in [0.1, 0.15) is 22.9 Å². The number of nitrogens with zero attached hydrogens (tertiary/aromatic N) is 2. The van der Waals surface area contributed by atoms with Crippen LogP contribution in [0.25, 0.3) is 11.1 Å². The maximum atomic E-state index is 13.3. The summed E-state index contributed by atoms with van der Waals surface area (Å²) in [5, 5.41) is 0. The second kappa shape index (κ2) is 8.39. The summed E-state index contributed by atoms with van der Waals surface area (Å²) in [6.07, 6.45) is 4.56. The Hall–Kier alpha value is -3.39. The summed E-state index contributed by atoms with van der Waals surface area (Å²) in [7, 11) is -3.35. The molecule has 2 heterocycles. The third-order valence-corrected chi connectivity index (χ3v) is 6.14. The number of carbonyl (C=O) groups is 1. The number of aromatic nitrogens is 2. The van der Waals surface area contributed by atoms with Gasteiger partial charge < -0.3 is 4.42 Å². The highest BCUT2D eigenvalue weighted by molar-refractivity contribution is 7.90. The summed E-state index contributed by atoms with van der Waals surface area (Å²) < 4.78 is 42.5. The van der Waals surface area contributed by atoms with Crippen LogP contribution in [0.5, 0.6) is 0 Å². The molecule has 0 aliphatic heterocycles. The molecule has 8 heteroatoms. The van der Waals surface area contributed by atoms with Gasteiger partial charge in [-0.15, -0.1) is 0 Å². The van der Waals surface area contributed by atoms with Crippen LogP contribution < -0.4 is 0 Å². The van der Waals surface area contributed by atoms with Gasteiger partial charge in [-0.1, -0.05) is 24.3 Å². The van der Waals surface area contributed by atoms with Gasteiger partial charge in [-0.3, -0.25) is 9.78 Å². The number of carbonyl (C=O) groups excluding carboxylic acids is 1. The molecule has 0 N–H and O–H groups in total. The van der Waals surface area contributed by atoms with Crippen LogP contribution in [0, 0.1) is 5.82 Å². The van der Waals surface area contributed by atoms with Crippen LogP contribution in [0.15, 0.2) is 76.3 Å². The Morgan fingerprint density at radius 1 is 1.06 bits per heavy atom. The zero-order valence-electron chi connectivity index (χ0n) is 16.7. The SMILES string of the molecule is CS(=O)(=O)c1ccc(C(Cc2ccc(F)cc2)C(=O)Cc2nc3ccncc3o2)cc1. The third-order valence-electron chi connectivity index (χ3n) is 5.01. The van der Waals surface area contributed by atoms with Gasteiger partial charge >= 0.3 is 0 Å². The Morgan fingerprint density at radius 2 is 1.77 bits per heavy atom. The van der Waals surface area contributed by atoms with Crippen LogP contribution in [-0.2, 0) is 27.5 Å². The summed E-state index contributed by atoms with van der Waals surface area (Å²) in [6.45, 7) is 0. The van der Waals surface area contributed by atoms with E-state index in [1.165, 1.54) is 30.5 Å². The van der Waals surface area contributed by atoms with Gasteiger partial charge in [-0.25, -0.2) is 17.8 Å². The number of Topliss-reactive ketones (excluding diaryl/α,β-unsaturated/α-hetero) is 1. The summed E-state index contributed by atoms with van der Waals surface area (Å²) in [4.78, 5) is 21.7. The van der Waals surface area contributed by atoms with Gasteiger partial charge in [0.2, 0.25) is 5.89 Å². The first kappa shape index (κ1) is 20.9. The summed E-state index contributed by atoms with van der Waals surface area (Å²) in [5.74, 6) is -0.794. The lowest BCUT2D eigenvalue weighted by Crippen LogP contribution is -2.18. The Kier molecular flexibility index (Phi) is 5.65. The molecule has 1 unspecified atom stereocenters. The number of hydrogen-bond donors (Lipinski definition) is 0. The van der Waals surface area contributed by atoms with E-state index >= 15 is 0 Å². The van der Waals surface area contributed by atoms with Crippen molar-refractivity contribution in [1.29, 1.82) is 0 Å². The average Bonchev–Trinajstić information content (AvgIpc) is 3.15. The minimum Gasteiger partial charge on any atom is -0.439 e. The molecule has 0 aliphatic rings. The monoisotopic (exact) mass is 438 g/mol. The second-order valence-electron chi connectivity index (χ2n) is 7.32. The minimum absolute atomic E-state index is 0.0334. The highest BCUT2D eigenvalue weighted by atomic mass is 32.2. The van der Waals surface area contributed by atoms with Crippen molar-refractivity contribution in [3.8, 4) is 0 Å². The summed E-state index contributed by atoms with van der Waals surface area (Å²) in [6, 6.07) is 13.9. The molecule has 6 nitrogen and oxygen atoms in total. The molecule has 0 spiro atoms. The first-order chi connectivity index (χ1) is 14.8. The van der Waals surface area contributed by atoms with Crippen molar-refractivity contribution in [3.05, 3.63) is 89.8 Å². The smallest absolute Gasteiger partial charge is 0.203 e. The molecule has 4 rings (SSSR count). The molecule has 2 aromatic carbocycles. The van der Waals surface area contributed by atoms with Crippen LogP contribution >= 0.6 is 0 Å². The first-order valence-electron chi connectivity index (χ1n) is 9.56. The molecule has 4 aromatic rings. The van der Waals surface area contributed by atoms with Gasteiger partial charge in [0.1, 0.15) is 17.1 Å². The Balaban J connectivity index is 1.64. The maximum absolute atomic E-state index is 13.3. The average molecular weight is 438 g/mol. The number of oxazole rings is 1. The van der Waals surface area contributed by atoms with Crippen molar-refractivity contribution in [2.24, 2.45) is 0 Å². The van der Waals surface area contributed by atoms with Crippen molar-refractivity contribution in [1.82, 2.24) is 9.97 Å². The topological polar surface area (TPSA) is 90.1 Å². The second-order valence-corrected chi connectivity index (χ2v) is 9.33. The lowest BCUT2D eigenvalue weighted by molar-refractivity contribution is -0.120. The van der Waals surface area contributed by atoms with Crippen LogP contribution in [-0.4, -0.2) is 30.4 Å². The number of fused-ring (bicyclic) bond motifs is 1. The van der Waals surface area contributed by atoms with E-state index in [9.17, 15) is 17.6 Å². The number of ketones is 1. The molecule has 1 atom stereocenters. The molecule has 2 aromatic heterocycles. The van der Waals surface area contributed by atoms with Gasteiger partial charge in [0.05, 0.1) is 17.5 Å². The number of halogens is 1. The Labute approximate surface area is 178 Å². The van der Waals surface area contributed by atoms with Crippen molar-refractivity contribution >= 4 is 26.7 Å². The van der Waals surface area contributed by atoms with Gasteiger partial charge in [-0.05, 0) is 47.9 Å². The fourth-order valence-electron chi connectivity index (χ4n) is 3.40. The molecule has 0 aliphatic carbocycles. The van der Waals surface area contributed by atoms with Gasteiger partial charge in [0, 0.05) is 18.4 Å². The van der Waals surface area contributed by atoms with Crippen molar-refractivity contribution in [2.75, 3.05) is 6.26 Å². The molecular formula is C23H19FN2O4S. The lowest BCUT2D eigenvalue weighted by atomic mass is 9.87. The molecule has 0 amide bonds. The van der Waals surface area contributed by atoms with Crippen LogP contribution in [0.4, 0.5) is 4.39 Å². The highest BCUT2D eigenvalue weighted by Gasteiger charge is 2.24. The molecule has 0 bridgehead atoms. The highest BCUT2D eigenvalue weighted by Crippen LogP contribution is 2.26. The summed E-state index contributed by atoms with van der Waals surface area (Å²) in [5.41, 5.74) is 2.57. The first-order valence-corrected chi connectivity index (χ1v) is 11.5. The van der Waals surface area contributed by atoms with E-state index in [-0.39, 0.29) is 28.8 Å². The zero-order valence-corrected chi connectivity index (χ0v) is 17.5. The molecule has 0 saturated carbocycles. The number of pyridine rings is 1. The van der Waals surface area contributed by atoms with Crippen molar-refractivity contribution in [3.63, 3.8) is 0 Å².